The number of rotatable bonds is 4. The maximum Gasteiger partial charge on any atom is 0.0900 e. The van der Waals surface area contributed by atoms with Gasteiger partial charge in [-0.1, -0.05) is 0 Å². The average Bonchev–Trinajstić information content (AvgIpc) is 2.33. The smallest absolute Gasteiger partial charge is 0.0900 e. The fraction of sp³-hybridized carbons (Fsp3) is 1.00. The molecule has 7 heteroatoms. The Balaban J connectivity index is 0.00000324. The van der Waals surface area contributed by atoms with Gasteiger partial charge in [-0.3, -0.25) is 4.90 Å². The quantitative estimate of drug-likeness (QED) is 0.452. The predicted octanol–water partition coefficient (Wildman–Crippen LogP) is -1.92. The molecule has 1 aliphatic heterocycles. The van der Waals surface area contributed by atoms with Crippen molar-refractivity contribution in [1.82, 2.24) is 20.9 Å². The number of ether oxygens (including phenoxy) is 1. The van der Waals surface area contributed by atoms with E-state index in [4.69, 9.17) is 4.74 Å². The topological polar surface area (TPSA) is 68.8 Å². The van der Waals surface area contributed by atoms with Crippen LogP contribution in [0.25, 0.3) is 0 Å². The van der Waals surface area contributed by atoms with Gasteiger partial charge in [-0.25, -0.2) is 0 Å². The van der Waals surface area contributed by atoms with E-state index in [0.29, 0.717) is 13.2 Å². The largest absolute Gasteiger partial charge is 0.389 e. The minimum absolute atomic E-state index is 0. The number of hydrogen-bond donors (Lipinski definition) is 4. The summed E-state index contributed by atoms with van der Waals surface area (Å²) in [7, 11) is 1.62. The monoisotopic (exact) mass is 324 g/mol. The summed E-state index contributed by atoms with van der Waals surface area (Å²) in [5.41, 5.74) is 0. The molecular formula is C12H28N4O2Zn. The van der Waals surface area contributed by atoms with E-state index in [1.54, 1.807) is 7.11 Å². The Hall–Kier alpha value is 0.383. The molecule has 0 aliphatic carbocycles. The molecule has 6 nitrogen and oxygen atoms in total. The van der Waals surface area contributed by atoms with Crippen molar-refractivity contribution in [1.29, 1.82) is 0 Å². The first-order valence-corrected chi connectivity index (χ1v) is 6.84. The molecule has 1 heterocycles. The number of methoxy groups -OCH3 is 1. The summed E-state index contributed by atoms with van der Waals surface area (Å²) in [5.74, 6) is 0. The van der Waals surface area contributed by atoms with Crippen molar-refractivity contribution in [3.8, 4) is 0 Å². The molecule has 1 aliphatic rings. The van der Waals surface area contributed by atoms with Crippen LogP contribution in [0.5, 0.6) is 0 Å². The Morgan fingerprint density at radius 2 is 1.47 bits per heavy atom. The van der Waals surface area contributed by atoms with E-state index in [-0.39, 0.29) is 19.5 Å². The summed E-state index contributed by atoms with van der Waals surface area (Å²) in [4.78, 5) is 2.28. The molecule has 1 atom stereocenters. The molecule has 1 unspecified atom stereocenters. The van der Waals surface area contributed by atoms with Crippen LogP contribution in [0.3, 0.4) is 0 Å². The molecule has 0 radical (unpaired) electrons. The molecule has 110 valence electrons. The Kier molecular flexibility index (Phi) is 13.6. The van der Waals surface area contributed by atoms with Crippen LogP contribution in [0.15, 0.2) is 0 Å². The summed E-state index contributed by atoms with van der Waals surface area (Å²) >= 11 is 0. The number of nitrogens with one attached hydrogen (secondary N) is 3. The van der Waals surface area contributed by atoms with Crippen LogP contribution in [-0.2, 0) is 24.2 Å². The van der Waals surface area contributed by atoms with E-state index in [1.165, 1.54) is 0 Å². The van der Waals surface area contributed by atoms with E-state index in [0.717, 1.165) is 52.4 Å². The van der Waals surface area contributed by atoms with Crippen molar-refractivity contribution in [2.24, 2.45) is 0 Å². The number of hydrogen-bond acceptors (Lipinski definition) is 6. The van der Waals surface area contributed by atoms with Gasteiger partial charge in [0.2, 0.25) is 0 Å². The Morgan fingerprint density at radius 1 is 1.00 bits per heavy atom. The van der Waals surface area contributed by atoms with E-state index in [1.807, 2.05) is 0 Å². The SMILES string of the molecule is COCC(O)CN1CCNCCNCCNCC1.[Zn]. The van der Waals surface area contributed by atoms with Crippen molar-refractivity contribution in [3.05, 3.63) is 0 Å². The van der Waals surface area contributed by atoms with Gasteiger partial charge in [-0.05, 0) is 0 Å². The van der Waals surface area contributed by atoms with Gasteiger partial charge in [-0.15, -0.1) is 0 Å². The predicted molar refractivity (Wildman–Crippen MR) is 72.9 cm³/mol. The second kappa shape index (κ2) is 13.4. The number of nitrogens with zero attached hydrogens (tertiary/aromatic N) is 1. The molecule has 0 saturated carbocycles. The number of aliphatic hydroxyl groups excluding tert-OH is 1. The molecule has 1 saturated heterocycles. The Labute approximate surface area is 129 Å². The third-order valence-corrected chi connectivity index (χ3v) is 2.99. The van der Waals surface area contributed by atoms with Crippen molar-refractivity contribution >= 4 is 0 Å². The Morgan fingerprint density at radius 3 is 1.95 bits per heavy atom. The molecule has 0 bridgehead atoms. The zero-order valence-corrected chi connectivity index (χ0v) is 15.1. The van der Waals surface area contributed by atoms with Crippen LogP contribution in [0, 0.1) is 0 Å². The van der Waals surface area contributed by atoms with Crippen LogP contribution >= 0.6 is 0 Å². The second-order valence-electron chi connectivity index (χ2n) is 4.66. The van der Waals surface area contributed by atoms with Gasteiger partial charge in [-0.2, -0.15) is 0 Å². The molecule has 0 aromatic rings. The molecule has 1 rings (SSSR count). The van der Waals surface area contributed by atoms with Gasteiger partial charge in [0.15, 0.2) is 0 Å². The first kappa shape index (κ1) is 19.4. The first-order valence-electron chi connectivity index (χ1n) is 6.84. The zero-order valence-electron chi connectivity index (χ0n) is 12.2. The molecule has 19 heavy (non-hydrogen) atoms. The van der Waals surface area contributed by atoms with Crippen LogP contribution in [0.4, 0.5) is 0 Å². The van der Waals surface area contributed by atoms with Crippen LogP contribution in [0.1, 0.15) is 0 Å². The molecule has 0 amide bonds. The summed E-state index contributed by atoms with van der Waals surface area (Å²) in [6.07, 6.45) is -0.399. The standard InChI is InChI=1S/C12H28N4O2.Zn/c1-18-11-12(17)10-16-8-6-14-4-2-13-3-5-15-7-9-16;/h12-15,17H,2-11H2,1H3;. The van der Waals surface area contributed by atoms with Gasteiger partial charge >= 0.3 is 0 Å². The van der Waals surface area contributed by atoms with Crippen molar-refractivity contribution < 1.29 is 29.3 Å². The average molecular weight is 326 g/mol. The second-order valence-corrected chi connectivity index (χ2v) is 4.66. The fourth-order valence-electron chi connectivity index (χ4n) is 2.04. The van der Waals surface area contributed by atoms with Crippen molar-refractivity contribution in [3.63, 3.8) is 0 Å². The third kappa shape index (κ3) is 10.8. The fourth-order valence-corrected chi connectivity index (χ4v) is 2.04. The molecule has 0 aromatic carbocycles. The maximum atomic E-state index is 9.77. The Bertz CT molecular complexity index is 189. The molecule has 0 spiro atoms. The van der Waals surface area contributed by atoms with Crippen LogP contribution < -0.4 is 16.0 Å². The maximum absolute atomic E-state index is 9.77. The molecule has 0 aromatic heterocycles. The molecule has 4 N–H and O–H groups in total. The normalized spacial score (nSPS) is 21.8. The van der Waals surface area contributed by atoms with Gasteiger partial charge in [0.05, 0.1) is 12.7 Å². The van der Waals surface area contributed by atoms with E-state index in [9.17, 15) is 5.11 Å². The van der Waals surface area contributed by atoms with E-state index >= 15 is 0 Å². The third-order valence-electron chi connectivity index (χ3n) is 2.99. The van der Waals surface area contributed by atoms with E-state index < -0.39 is 6.10 Å². The summed E-state index contributed by atoms with van der Waals surface area (Å²) < 4.78 is 4.97. The van der Waals surface area contributed by atoms with Gasteiger partial charge in [0, 0.05) is 85.5 Å². The molecular weight excluding hydrogens is 298 g/mol. The van der Waals surface area contributed by atoms with Crippen molar-refractivity contribution in [2.45, 2.75) is 6.10 Å². The number of β-amino-alcohol motifs (C(OH)–C–C–N with tert-alkyl or cyclic N) is 1. The van der Waals surface area contributed by atoms with Gasteiger partial charge in [0.1, 0.15) is 0 Å². The van der Waals surface area contributed by atoms with Crippen LogP contribution in [-0.4, -0.2) is 88.7 Å². The summed E-state index contributed by atoms with van der Waals surface area (Å²) in [6, 6.07) is 0. The van der Waals surface area contributed by atoms with Crippen molar-refractivity contribution in [2.75, 3.05) is 72.6 Å². The van der Waals surface area contributed by atoms with Gasteiger partial charge < -0.3 is 25.8 Å². The summed E-state index contributed by atoms with van der Waals surface area (Å²) in [6.45, 7) is 8.93. The minimum atomic E-state index is -0.399. The van der Waals surface area contributed by atoms with Crippen LogP contribution in [0.2, 0.25) is 0 Å². The summed E-state index contributed by atoms with van der Waals surface area (Å²) in [5, 5.41) is 19.9. The minimum Gasteiger partial charge on any atom is -0.389 e. The molecule has 1 fully saturated rings. The first-order chi connectivity index (χ1) is 8.83. The van der Waals surface area contributed by atoms with E-state index in [2.05, 4.69) is 20.9 Å². The number of aliphatic hydroxyl groups is 1. The zero-order chi connectivity index (χ0) is 13.1. The van der Waals surface area contributed by atoms with Gasteiger partial charge in [0.25, 0.3) is 0 Å².